The van der Waals surface area contributed by atoms with Gasteiger partial charge in [-0.2, -0.15) is 0 Å². The van der Waals surface area contributed by atoms with E-state index in [1.165, 1.54) is 11.3 Å². The van der Waals surface area contributed by atoms with Crippen molar-refractivity contribution in [1.82, 2.24) is 4.98 Å². The van der Waals surface area contributed by atoms with Crippen molar-refractivity contribution in [3.63, 3.8) is 0 Å². The Labute approximate surface area is 127 Å². The zero-order valence-electron chi connectivity index (χ0n) is 11.4. The third kappa shape index (κ3) is 2.86. The van der Waals surface area contributed by atoms with Gasteiger partial charge in [-0.15, -0.1) is 0 Å². The highest BCUT2D eigenvalue weighted by atomic mass is 79.9. The van der Waals surface area contributed by atoms with E-state index in [4.69, 9.17) is 4.74 Å². The topological polar surface area (TPSA) is 25.4 Å². The molecule has 0 spiro atoms. The fraction of sp³-hybridized carbons (Fsp3) is 0.312. The highest BCUT2D eigenvalue weighted by molar-refractivity contribution is 9.10. The molecule has 2 aromatic rings. The van der Waals surface area contributed by atoms with E-state index in [2.05, 4.69) is 57.0 Å². The molecule has 0 aliphatic carbocycles. The molecule has 1 fully saturated rings. The molecule has 104 valence electrons. The number of aromatic nitrogens is 1. The molecule has 0 N–H and O–H groups in total. The van der Waals surface area contributed by atoms with E-state index in [9.17, 15) is 0 Å². The molecular formula is C16H17BrN2O. The van der Waals surface area contributed by atoms with Crippen LogP contribution in [0.3, 0.4) is 0 Å². The van der Waals surface area contributed by atoms with E-state index in [0.29, 0.717) is 0 Å². The summed E-state index contributed by atoms with van der Waals surface area (Å²) in [5.41, 5.74) is 2.41. The van der Waals surface area contributed by atoms with Crippen LogP contribution in [0.2, 0.25) is 0 Å². The van der Waals surface area contributed by atoms with Crippen LogP contribution in [0, 0.1) is 0 Å². The zero-order valence-corrected chi connectivity index (χ0v) is 13.0. The molecule has 4 heteroatoms. The monoisotopic (exact) mass is 332 g/mol. The van der Waals surface area contributed by atoms with Gasteiger partial charge in [-0.25, -0.2) is 0 Å². The number of pyridine rings is 1. The SMILES string of the molecule is C[C@H]1CN(c2ccncc2Br)C[C@@H](c2ccccc2)O1. The Morgan fingerprint density at radius 2 is 2.00 bits per heavy atom. The fourth-order valence-electron chi connectivity index (χ4n) is 2.62. The van der Waals surface area contributed by atoms with Crippen molar-refractivity contribution in [3.05, 3.63) is 58.8 Å². The molecule has 3 nitrogen and oxygen atoms in total. The van der Waals surface area contributed by atoms with Crippen LogP contribution in [-0.4, -0.2) is 24.2 Å². The quantitative estimate of drug-likeness (QED) is 0.836. The van der Waals surface area contributed by atoms with Gasteiger partial charge in [-0.1, -0.05) is 30.3 Å². The third-order valence-electron chi connectivity index (χ3n) is 3.52. The highest BCUT2D eigenvalue weighted by Crippen LogP contribution is 2.32. The molecule has 20 heavy (non-hydrogen) atoms. The molecule has 1 aromatic carbocycles. The van der Waals surface area contributed by atoms with Gasteiger partial charge in [0.15, 0.2) is 0 Å². The van der Waals surface area contributed by atoms with Crippen LogP contribution in [0.1, 0.15) is 18.6 Å². The van der Waals surface area contributed by atoms with Crippen LogP contribution in [0.5, 0.6) is 0 Å². The summed E-state index contributed by atoms with van der Waals surface area (Å²) in [6.07, 6.45) is 3.99. The molecule has 0 bridgehead atoms. The Kier molecular flexibility index (Phi) is 4.03. The maximum atomic E-state index is 6.09. The first-order valence-electron chi connectivity index (χ1n) is 6.79. The molecule has 3 rings (SSSR count). The van der Waals surface area contributed by atoms with Crippen LogP contribution in [0.15, 0.2) is 53.3 Å². The number of rotatable bonds is 2. The first-order chi connectivity index (χ1) is 9.74. The van der Waals surface area contributed by atoms with Gasteiger partial charge >= 0.3 is 0 Å². The lowest BCUT2D eigenvalue weighted by atomic mass is 10.1. The molecule has 0 saturated carbocycles. The van der Waals surface area contributed by atoms with Gasteiger partial charge in [0, 0.05) is 25.5 Å². The molecule has 0 amide bonds. The summed E-state index contributed by atoms with van der Waals surface area (Å²) < 4.78 is 7.12. The molecule has 0 unspecified atom stereocenters. The van der Waals surface area contributed by atoms with Gasteiger partial charge < -0.3 is 9.64 Å². The normalized spacial score (nSPS) is 22.8. The van der Waals surface area contributed by atoms with Crippen molar-refractivity contribution >= 4 is 21.6 Å². The lowest BCUT2D eigenvalue weighted by Crippen LogP contribution is -2.43. The van der Waals surface area contributed by atoms with Gasteiger partial charge in [-0.05, 0) is 34.5 Å². The maximum absolute atomic E-state index is 6.09. The molecule has 1 aliphatic rings. The van der Waals surface area contributed by atoms with Crippen molar-refractivity contribution in [2.24, 2.45) is 0 Å². The van der Waals surface area contributed by atoms with Crippen LogP contribution in [0.25, 0.3) is 0 Å². The van der Waals surface area contributed by atoms with Crippen LogP contribution >= 0.6 is 15.9 Å². The highest BCUT2D eigenvalue weighted by Gasteiger charge is 2.27. The van der Waals surface area contributed by atoms with Gasteiger partial charge in [-0.3, -0.25) is 4.98 Å². The second-order valence-corrected chi connectivity index (χ2v) is 5.93. The van der Waals surface area contributed by atoms with Gasteiger partial charge in [0.1, 0.15) is 6.10 Å². The molecule has 2 atom stereocenters. The Hall–Kier alpha value is -1.39. The van der Waals surface area contributed by atoms with Gasteiger partial charge in [0.05, 0.1) is 16.3 Å². The van der Waals surface area contributed by atoms with Crippen LogP contribution in [-0.2, 0) is 4.74 Å². The van der Waals surface area contributed by atoms with Crippen molar-refractivity contribution in [2.75, 3.05) is 18.0 Å². The fourth-order valence-corrected chi connectivity index (χ4v) is 3.13. The van der Waals surface area contributed by atoms with E-state index < -0.39 is 0 Å². The third-order valence-corrected chi connectivity index (χ3v) is 4.13. The smallest absolute Gasteiger partial charge is 0.100 e. The van der Waals surface area contributed by atoms with Crippen molar-refractivity contribution in [3.8, 4) is 0 Å². The average molecular weight is 333 g/mol. The summed E-state index contributed by atoms with van der Waals surface area (Å²) in [7, 11) is 0. The predicted octanol–water partition coefficient (Wildman–Crippen LogP) is 3.81. The molecule has 2 heterocycles. The second kappa shape index (κ2) is 5.94. The van der Waals surface area contributed by atoms with Crippen LogP contribution in [0.4, 0.5) is 5.69 Å². The predicted molar refractivity (Wildman–Crippen MR) is 83.9 cm³/mol. The maximum Gasteiger partial charge on any atom is 0.100 e. The van der Waals surface area contributed by atoms with E-state index in [0.717, 1.165) is 17.6 Å². The number of morpholine rings is 1. The summed E-state index contributed by atoms with van der Waals surface area (Å²) >= 11 is 3.58. The largest absolute Gasteiger partial charge is 0.367 e. The minimum absolute atomic E-state index is 0.111. The summed E-state index contributed by atoms with van der Waals surface area (Å²) in [4.78, 5) is 6.49. The summed E-state index contributed by atoms with van der Waals surface area (Å²) in [6.45, 7) is 3.88. The van der Waals surface area contributed by atoms with Gasteiger partial charge in [0.2, 0.25) is 0 Å². The number of benzene rings is 1. The van der Waals surface area contributed by atoms with E-state index >= 15 is 0 Å². The lowest BCUT2D eigenvalue weighted by Gasteiger charge is -2.38. The Balaban J connectivity index is 1.85. The minimum atomic E-state index is 0.111. The van der Waals surface area contributed by atoms with Crippen LogP contribution < -0.4 is 4.90 Å². The molecule has 0 radical (unpaired) electrons. The molecule has 1 saturated heterocycles. The Morgan fingerprint density at radius 1 is 1.20 bits per heavy atom. The van der Waals surface area contributed by atoms with Crippen molar-refractivity contribution in [2.45, 2.75) is 19.1 Å². The molecule has 1 aromatic heterocycles. The number of hydrogen-bond acceptors (Lipinski definition) is 3. The number of anilines is 1. The number of ether oxygens (including phenoxy) is 1. The first kappa shape index (κ1) is 13.6. The second-order valence-electron chi connectivity index (χ2n) is 5.08. The Morgan fingerprint density at radius 3 is 2.75 bits per heavy atom. The lowest BCUT2D eigenvalue weighted by molar-refractivity contribution is -0.0174. The summed E-state index contributed by atoms with van der Waals surface area (Å²) in [5, 5.41) is 0. The number of hydrogen-bond donors (Lipinski definition) is 0. The first-order valence-corrected chi connectivity index (χ1v) is 7.58. The Bertz CT molecular complexity index is 576. The molecular weight excluding hydrogens is 316 g/mol. The van der Waals surface area contributed by atoms with Crippen molar-refractivity contribution < 1.29 is 4.74 Å². The zero-order chi connectivity index (χ0) is 13.9. The van der Waals surface area contributed by atoms with E-state index in [1.54, 1.807) is 0 Å². The number of nitrogens with zero attached hydrogens (tertiary/aromatic N) is 2. The standard InChI is InChI=1S/C16H17BrN2O/c1-12-10-19(15-7-8-18-9-14(15)17)11-16(20-12)13-5-3-2-4-6-13/h2-9,12,16H,10-11H2,1H3/t12-,16-/m0/s1. The summed E-state index contributed by atoms with van der Waals surface area (Å²) in [6, 6.07) is 12.5. The van der Waals surface area contributed by atoms with E-state index in [-0.39, 0.29) is 12.2 Å². The van der Waals surface area contributed by atoms with Crippen molar-refractivity contribution in [1.29, 1.82) is 0 Å². The summed E-state index contributed by atoms with van der Waals surface area (Å²) in [5.74, 6) is 0. The number of halogens is 1. The average Bonchev–Trinajstić information content (AvgIpc) is 2.48. The van der Waals surface area contributed by atoms with Gasteiger partial charge in [0.25, 0.3) is 0 Å². The molecule has 1 aliphatic heterocycles. The van der Waals surface area contributed by atoms with E-state index in [1.807, 2.05) is 24.5 Å². The minimum Gasteiger partial charge on any atom is -0.367 e.